The number of nitrogens with one attached hydrogen (secondary N) is 2. The molecule has 8 heteroatoms. The number of anilines is 3. The molecule has 0 aliphatic heterocycles. The molecule has 0 unspecified atom stereocenters. The first-order valence-corrected chi connectivity index (χ1v) is 7.10. The van der Waals surface area contributed by atoms with Crippen LogP contribution in [0.5, 0.6) is 0 Å². The Hall–Kier alpha value is -3.16. The molecule has 8 nitrogen and oxygen atoms in total. The van der Waals surface area contributed by atoms with Crippen molar-refractivity contribution in [3.05, 3.63) is 46.3 Å². The standard InChI is InChI=1S/C15H16N6O2/c1-8(2)12-6-11(16)14(21(22)23)15(19-12)18-10-4-3-9-7-17-20-13(9)5-10/h3-8H,1-2H3,(H,17,20)(H3,16,18,19). The van der Waals surface area contributed by atoms with Gasteiger partial charge in [-0.1, -0.05) is 13.8 Å². The van der Waals surface area contributed by atoms with Crippen LogP contribution in [0.1, 0.15) is 25.5 Å². The molecule has 0 bridgehead atoms. The van der Waals surface area contributed by atoms with Gasteiger partial charge in [0.15, 0.2) is 0 Å². The molecule has 3 rings (SSSR count). The van der Waals surface area contributed by atoms with Gasteiger partial charge >= 0.3 is 5.69 Å². The van der Waals surface area contributed by atoms with Crippen molar-refractivity contribution >= 4 is 33.8 Å². The predicted molar refractivity (Wildman–Crippen MR) is 88.8 cm³/mol. The maximum absolute atomic E-state index is 11.3. The van der Waals surface area contributed by atoms with E-state index in [0.29, 0.717) is 11.4 Å². The van der Waals surface area contributed by atoms with E-state index in [9.17, 15) is 10.1 Å². The van der Waals surface area contributed by atoms with Gasteiger partial charge in [0.05, 0.1) is 16.6 Å². The molecule has 4 N–H and O–H groups in total. The third kappa shape index (κ3) is 2.78. The summed E-state index contributed by atoms with van der Waals surface area (Å²) in [5, 5.41) is 22.1. The van der Waals surface area contributed by atoms with Crippen molar-refractivity contribution in [3.8, 4) is 0 Å². The summed E-state index contributed by atoms with van der Waals surface area (Å²) in [6, 6.07) is 7.03. The summed E-state index contributed by atoms with van der Waals surface area (Å²) in [4.78, 5) is 15.1. The molecule has 0 radical (unpaired) electrons. The highest BCUT2D eigenvalue weighted by molar-refractivity contribution is 5.84. The lowest BCUT2D eigenvalue weighted by Crippen LogP contribution is -2.06. The molecule has 1 aromatic carbocycles. The zero-order chi connectivity index (χ0) is 16.6. The van der Waals surface area contributed by atoms with Crippen LogP contribution in [0.25, 0.3) is 10.9 Å². The number of hydrogen-bond donors (Lipinski definition) is 3. The smallest absolute Gasteiger partial charge is 0.334 e. The quantitative estimate of drug-likeness (QED) is 0.501. The van der Waals surface area contributed by atoms with Crippen molar-refractivity contribution in [1.29, 1.82) is 0 Å². The third-order valence-electron chi connectivity index (χ3n) is 3.52. The fourth-order valence-corrected chi connectivity index (χ4v) is 2.31. The minimum absolute atomic E-state index is 0.0961. The first-order valence-electron chi connectivity index (χ1n) is 7.10. The van der Waals surface area contributed by atoms with Crippen molar-refractivity contribution in [2.75, 3.05) is 11.1 Å². The zero-order valence-electron chi connectivity index (χ0n) is 12.7. The molecule has 0 atom stereocenters. The summed E-state index contributed by atoms with van der Waals surface area (Å²) >= 11 is 0. The number of nitro groups is 1. The molecular weight excluding hydrogens is 296 g/mol. The fraction of sp³-hybridized carbons (Fsp3) is 0.200. The van der Waals surface area contributed by atoms with Crippen LogP contribution in [-0.4, -0.2) is 20.1 Å². The van der Waals surface area contributed by atoms with Crippen LogP contribution in [0.15, 0.2) is 30.5 Å². The number of fused-ring (bicyclic) bond motifs is 1. The Balaban J connectivity index is 2.07. The summed E-state index contributed by atoms with van der Waals surface area (Å²) in [6.45, 7) is 3.90. The number of aromatic amines is 1. The predicted octanol–water partition coefficient (Wildman–Crippen LogP) is 3.32. The van der Waals surface area contributed by atoms with Crippen LogP contribution in [0.4, 0.5) is 22.9 Å². The maximum Gasteiger partial charge on any atom is 0.334 e. The van der Waals surface area contributed by atoms with Gasteiger partial charge in [0, 0.05) is 16.8 Å². The van der Waals surface area contributed by atoms with Crippen molar-refractivity contribution < 1.29 is 4.92 Å². The number of aromatic nitrogens is 3. The molecular formula is C15H16N6O2. The van der Waals surface area contributed by atoms with Gasteiger partial charge in [-0.2, -0.15) is 5.10 Å². The lowest BCUT2D eigenvalue weighted by molar-refractivity contribution is -0.383. The van der Waals surface area contributed by atoms with E-state index in [0.717, 1.165) is 10.9 Å². The van der Waals surface area contributed by atoms with Crippen LogP contribution >= 0.6 is 0 Å². The first kappa shape index (κ1) is 14.8. The number of hydrogen-bond acceptors (Lipinski definition) is 6. The van der Waals surface area contributed by atoms with Gasteiger partial charge in [0.1, 0.15) is 5.69 Å². The van der Waals surface area contributed by atoms with E-state index < -0.39 is 4.92 Å². The second-order valence-electron chi connectivity index (χ2n) is 5.54. The third-order valence-corrected chi connectivity index (χ3v) is 3.52. The highest BCUT2D eigenvalue weighted by atomic mass is 16.6. The van der Waals surface area contributed by atoms with E-state index in [1.165, 1.54) is 0 Å². The molecule has 3 aromatic rings. The second-order valence-corrected chi connectivity index (χ2v) is 5.54. The van der Waals surface area contributed by atoms with Crippen molar-refractivity contribution in [3.63, 3.8) is 0 Å². The maximum atomic E-state index is 11.3. The molecule has 23 heavy (non-hydrogen) atoms. The van der Waals surface area contributed by atoms with E-state index in [1.807, 2.05) is 32.0 Å². The van der Waals surface area contributed by atoms with E-state index in [4.69, 9.17) is 5.73 Å². The van der Waals surface area contributed by atoms with Crippen LogP contribution in [-0.2, 0) is 0 Å². The fourth-order valence-electron chi connectivity index (χ4n) is 2.31. The van der Waals surface area contributed by atoms with Gasteiger partial charge in [0.2, 0.25) is 5.82 Å². The van der Waals surface area contributed by atoms with Gasteiger partial charge in [-0.05, 0) is 30.2 Å². The van der Waals surface area contributed by atoms with Crippen LogP contribution in [0, 0.1) is 10.1 Å². The average Bonchev–Trinajstić information content (AvgIpc) is 2.93. The Morgan fingerprint density at radius 2 is 2.13 bits per heavy atom. The molecule has 0 spiro atoms. The molecule has 2 aromatic heterocycles. The van der Waals surface area contributed by atoms with Crippen LogP contribution < -0.4 is 11.1 Å². The molecule has 0 fully saturated rings. The highest BCUT2D eigenvalue weighted by Crippen LogP contribution is 2.34. The minimum Gasteiger partial charge on any atom is -0.393 e. The Kier molecular flexibility index (Phi) is 3.57. The molecule has 0 saturated carbocycles. The second kappa shape index (κ2) is 5.56. The zero-order valence-corrected chi connectivity index (χ0v) is 12.7. The summed E-state index contributed by atoms with van der Waals surface area (Å²) in [5.74, 6) is 0.242. The molecule has 118 valence electrons. The highest BCUT2D eigenvalue weighted by Gasteiger charge is 2.22. The van der Waals surface area contributed by atoms with E-state index in [2.05, 4.69) is 20.5 Å². The lowest BCUT2D eigenvalue weighted by Gasteiger charge is -2.12. The first-order chi connectivity index (χ1) is 11.0. The van der Waals surface area contributed by atoms with E-state index in [1.54, 1.807) is 12.3 Å². The largest absolute Gasteiger partial charge is 0.393 e. The Morgan fingerprint density at radius 3 is 2.83 bits per heavy atom. The lowest BCUT2D eigenvalue weighted by atomic mass is 10.1. The average molecular weight is 312 g/mol. The summed E-state index contributed by atoms with van der Waals surface area (Å²) in [6.07, 6.45) is 1.71. The summed E-state index contributed by atoms with van der Waals surface area (Å²) < 4.78 is 0. The van der Waals surface area contributed by atoms with Crippen LogP contribution in [0.2, 0.25) is 0 Å². The molecule has 0 amide bonds. The Morgan fingerprint density at radius 1 is 1.35 bits per heavy atom. The Labute approximate surface area is 131 Å². The number of nitrogens with two attached hydrogens (primary N) is 1. The topological polar surface area (TPSA) is 123 Å². The Bertz CT molecular complexity index is 887. The minimum atomic E-state index is -0.524. The van der Waals surface area contributed by atoms with Gasteiger partial charge in [-0.3, -0.25) is 15.2 Å². The number of nitrogens with zero attached hydrogens (tertiary/aromatic N) is 3. The van der Waals surface area contributed by atoms with Gasteiger partial charge in [0.25, 0.3) is 0 Å². The summed E-state index contributed by atoms with van der Waals surface area (Å²) in [7, 11) is 0. The van der Waals surface area contributed by atoms with Crippen LogP contribution in [0.3, 0.4) is 0 Å². The number of benzene rings is 1. The van der Waals surface area contributed by atoms with Gasteiger partial charge in [-0.15, -0.1) is 0 Å². The number of H-pyrrole nitrogens is 1. The number of pyridine rings is 1. The van der Waals surface area contributed by atoms with E-state index >= 15 is 0 Å². The number of rotatable bonds is 4. The van der Waals surface area contributed by atoms with Crippen molar-refractivity contribution in [2.24, 2.45) is 0 Å². The van der Waals surface area contributed by atoms with Gasteiger partial charge in [-0.25, -0.2) is 4.98 Å². The van der Waals surface area contributed by atoms with Crippen molar-refractivity contribution in [1.82, 2.24) is 15.2 Å². The molecule has 0 aliphatic rings. The molecule has 0 saturated heterocycles. The monoisotopic (exact) mass is 312 g/mol. The summed E-state index contributed by atoms with van der Waals surface area (Å²) in [5.41, 5.74) is 7.91. The van der Waals surface area contributed by atoms with E-state index in [-0.39, 0.29) is 23.1 Å². The number of nitrogen functional groups attached to an aromatic ring is 1. The molecule has 2 heterocycles. The SMILES string of the molecule is CC(C)c1cc(N)c([N+](=O)[O-])c(Nc2ccc3cn[nH]c3c2)n1. The molecule has 0 aliphatic carbocycles. The van der Waals surface area contributed by atoms with Gasteiger partial charge < -0.3 is 11.1 Å². The normalized spacial score (nSPS) is 11.1. The van der Waals surface area contributed by atoms with Crippen molar-refractivity contribution in [2.45, 2.75) is 19.8 Å².